The predicted octanol–water partition coefficient (Wildman–Crippen LogP) is 4.06. The smallest absolute Gasteiger partial charge is 0.389 e. The average Bonchev–Trinajstić information content (AvgIpc) is 3.36. The van der Waals surface area contributed by atoms with Crippen LogP contribution in [0.4, 0.5) is 29.3 Å². The van der Waals surface area contributed by atoms with Crippen molar-refractivity contribution >= 4 is 34.3 Å². The summed E-state index contributed by atoms with van der Waals surface area (Å²) in [6, 6.07) is 4.24. The number of halogens is 5. The Morgan fingerprint density at radius 3 is 2.69 bits per heavy atom. The van der Waals surface area contributed by atoms with Gasteiger partial charge in [-0.15, -0.1) is 0 Å². The largest absolute Gasteiger partial charge is 0.435 e. The van der Waals surface area contributed by atoms with Crippen LogP contribution in [0.3, 0.4) is 0 Å². The van der Waals surface area contributed by atoms with Crippen molar-refractivity contribution in [3.8, 4) is 0 Å². The summed E-state index contributed by atoms with van der Waals surface area (Å²) in [6.07, 6.45) is -4.50. The molecule has 194 valence electrons. The number of alkyl halides is 4. The van der Waals surface area contributed by atoms with E-state index in [2.05, 4.69) is 20.4 Å². The summed E-state index contributed by atoms with van der Waals surface area (Å²) in [4.78, 5) is 10.5. The summed E-state index contributed by atoms with van der Waals surface area (Å²) in [6.45, 7) is 3.15. The third-order valence-corrected chi connectivity index (χ3v) is 7.49. The normalized spacial score (nSPS) is 27.6. The Bertz CT molecular complexity index is 1290. The Kier molecular flexibility index (Phi) is 6.34. The van der Waals surface area contributed by atoms with E-state index in [4.69, 9.17) is 16.3 Å². The maximum absolute atomic E-state index is 15.5. The number of aryl methyl sites for hydroxylation is 1. The monoisotopic (exact) mass is 528 g/mol. The number of fused-ring (bicyclic) bond motifs is 1. The van der Waals surface area contributed by atoms with Crippen molar-refractivity contribution in [1.29, 1.82) is 0 Å². The molecule has 2 fully saturated rings. The number of aliphatic hydroxyl groups excluding tert-OH is 1. The molecular weight excluding hydrogens is 504 g/mol. The summed E-state index contributed by atoms with van der Waals surface area (Å²) in [5.74, 6) is -0.333. The number of hydrogen-bond acceptors (Lipinski definition) is 7. The number of ether oxygens (including phenoxy) is 1. The Balaban J connectivity index is 1.39. The number of nitrogens with zero attached hydrogens (tertiary/aromatic N) is 5. The molecular formula is C23H25ClF4N6O2. The Labute approximate surface area is 209 Å². The lowest BCUT2D eigenvalue weighted by molar-refractivity contribution is -0.141. The van der Waals surface area contributed by atoms with Crippen molar-refractivity contribution in [2.75, 3.05) is 31.6 Å². The maximum atomic E-state index is 15.5. The van der Waals surface area contributed by atoms with E-state index in [1.807, 2.05) is 11.8 Å². The van der Waals surface area contributed by atoms with Gasteiger partial charge in [0.05, 0.1) is 30.4 Å². The fourth-order valence-electron chi connectivity index (χ4n) is 4.92. The van der Waals surface area contributed by atoms with E-state index in [1.165, 1.54) is 13.2 Å². The van der Waals surface area contributed by atoms with Gasteiger partial charge in [0, 0.05) is 42.2 Å². The fourth-order valence-corrected chi connectivity index (χ4v) is 5.24. The zero-order valence-corrected chi connectivity index (χ0v) is 20.3. The summed E-state index contributed by atoms with van der Waals surface area (Å²) in [5.41, 5.74) is -0.581. The van der Waals surface area contributed by atoms with Gasteiger partial charge in [-0.2, -0.15) is 18.3 Å². The Morgan fingerprint density at radius 1 is 1.28 bits per heavy atom. The number of piperidine rings is 1. The maximum Gasteiger partial charge on any atom is 0.435 e. The minimum Gasteiger partial charge on any atom is -0.389 e. The lowest BCUT2D eigenvalue weighted by Gasteiger charge is -2.45. The van der Waals surface area contributed by atoms with Crippen molar-refractivity contribution < 1.29 is 27.4 Å². The second kappa shape index (κ2) is 9.09. The first-order chi connectivity index (χ1) is 17.0. The number of aliphatic hydroxyl groups is 1. The quantitative estimate of drug-likeness (QED) is 0.494. The van der Waals surface area contributed by atoms with E-state index < -0.39 is 35.6 Å². The van der Waals surface area contributed by atoms with E-state index in [-0.39, 0.29) is 24.9 Å². The zero-order valence-electron chi connectivity index (χ0n) is 19.6. The molecule has 3 aromatic rings. The Morgan fingerprint density at radius 2 is 2.06 bits per heavy atom. The average molecular weight is 529 g/mol. The molecule has 0 spiro atoms. The van der Waals surface area contributed by atoms with Gasteiger partial charge in [-0.05, 0) is 37.6 Å². The molecule has 0 saturated carbocycles. The van der Waals surface area contributed by atoms with Crippen molar-refractivity contribution in [3.05, 3.63) is 40.7 Å². The highest BCUT2D eigenvalue weighted by atomic mass is 35.5. The van der Waals surface area contributed by atoms with Gasteiger partial charge in [-0.3, -0.25) is 9.58 Å². The van der Waals surface area contributed by atoms with Crippen LogP contribution in [0.15, 0.2) is 24.4 Å². The first-order valence-electron chi connectivity index (χ1n) is 11.4. The van der Waals surface area contributed by atoms with Gasteiger partial charge >= 0.3 is 6.18 Å². The molecule has 2 aromatic heterocycles. The highest BCUT2D eigenvalue weighted by molar-refractivity contribution is 6.32. The van der Waals surface area contributed by atoms with Gasteiger partial charge in [-0.1, -0.05) is 11.6 Å². The number of nitrogens with one attached hydrogen (secondary N) is 1. The van der Waals surface area contributed by atoms with Crippen LogP contribution in [-0.2, 0) is 18.0 Å². The first-order valence-corrected chi connectivity index (χ1v) is 11.8. The topological polar surface area (TPSA) is 88.3 Å². The second-order valence-corrected chi connectivity index (χ2v) is 9.94. The summed E-state index contributed by atoms with van der Waals surface area (Å²) < 4.78 is 60.8. The van der Waals surface area contributed by atoms with Gasteiger partial charge in [0.2, 0.25) is 5.95 Å². The molecule has 4 heterocycles. The number of anilines is 2. The number of aromatic nitrogens is 4. The molecule has 2 N–H and O–H groups in total. The highest BCUT2D eigenvalue weighted by Crippen LogP contribution is 2.40. The third-order valence-electron chi connectivity index (χ3n) is 7.16. The molecule has 0 aliphatic carbocycles. The van der Waals surface area contributed by atoms with E-state index in [9.17, 15) is 18.3 Å². The molecule has 36 heavy (non-hydrogen) atoms. The number of likely N-dealkylation sites (tertiary alicyclic amines) is 1. The summed E-state index contributed by atoms with van der Waals surface area (Å²) in [5, 5.41) is 17.6. The lowest BCUT2D eigenvalue weighted by atomic mass is 9.84. The minimum absolute atomic E-state index is 0.0682. The molecule has 0 radical (unpaired) electrons. The highest BCUT2D eigenvalue weighted by Gasteiger charge is 2.47. The van der Waals surface area contributed by atoms with E-state index in [1.54, 1.807) is 12.1 Å². The standard InChI is InChI=1S/C23H25ClF4N6O2/c1-22(11-36-10-19(22)35)34-4-3-13(16(25)9-34)14-6-17-12(5-15(14)24)8-29-21(30-17)31-20-7-18(23(26,27)28)32-33(20)2/h5-8,13,16,19,35H,3-4,9-11H2,1-2H3,(H,29,30,31)/t13-,16+,19+,22-/m0/s1. The van der Waals surface area contributed by atoms with E-state index >= 15 is 4.39 Å². The van der Waals surface area contributed by atoms with Crippen LogP contribution in [0.2, 0.25) is 5.02 Å². The van der Waals surface area contributed by atoms with Crippen LogP contribution in [0.5, 0.6) is 0 Å². The molecule has 2 saturated heterocycles. The molecule has 0 amide bonds. The fraction of sp³-hybridized carbons (Fsp3) is 0.522. The van der Waals surface area contributed by atoms with Gasteiger partial charge in [0.25, 0.3) is 0 Å². The molecule has 8 nitrogen and oxygen atoms in total. The molecule has 13 heteroatoms. The summed E-state index contributed by atoms with van der Waals surface area (Å²) in [7, 11) is 1.38. The molecule has 2 aliphatic heterocycles. The summed E-state index contributed by atoms with van der Waals surface area (Å²) >= 11 is 6.52. The van der Waals surface area contributed by atoms with Gasteiger partial charge in [0.15, 0.2) is 5.69 Å². The van der Waals surface area contributed by atoms with E-state index in [0.29, 0.717) is 41.1 Å². The molecule has 0 bridgehead atoms. The van der Waals surface area contributed by atoms with Crippen LogP contribution in [0.25, 0.3) is 10.9 Å². The van der Waals surface area contributed by atoms with Crippen molar-refractivity contribution in [2.24, 2.45) is 7.05 Å². The van der Waals surface area contributed by atoms with Gasteiger partial charge < -0.3 is 15.2 Å². The lowest BCUT2D eigenvalue weighted by Crippen LogP contribution is -2.58. The Hall–Kier alpha value is -2.54. The van der Waals surface area contributed by atoms with Crippen molar-refractivity contribution in [3.63, 3.8) is 0 Å². The number of benzene rings is 1. The van der Waals surface area contributed by atoms with Crippen LogP contribution in [-0.4, -0.2) is 73.9 Å². The van der Waals surface area contributed by atoms with Crippen molar-refractivity contribution in [1.82, 2.24) is 24.6 Å². The molecule has 4 atom stereocenters. The minimum atomic E-state index is -4.58. The van der Waals surface area contributed by atoms with Gasteiger partial charge in [0.1, 0.15) is 12.0 Å². The first kappa shape index (κ1) is 25.1. The van der Waals surface area contributed by atoms with Crippen molar-refractivity contribution in [2.45, 2.75) is 43.3 Å². The molecule has 0 unspecified atom stereocenters. The number of hydrogen-bond donors (Lipinski definition) is 2. The van der Waals surface area contributed by atoms with Crippen LogP contribution < -0.4 is 5.32 Å². The number of rotatable bonds is 4. The van der Waals surface area contributed by atoms with Gasteiger partial charge in [-0.25, -0.2) is 14.4 Å². The SMILES string of the molecule is Cn1nc(C(F)(F)F)cc1Nc1ncc2cc(Cl)c([C@@H]3CCN([C@@]4(C)COC[C@H]4O)C[C@H]3F)cc2n1. The van der Waals surface area contributed by atoms with Crippen LogP contribution in [0.1, 0.15) is 30.5 Å². The molecule has 2 aliphatic rings. The molecule has 1 aromatic carbocycles. The van der Waals surface area contributed by atoms with Crippen LogP contribution in [0, 0.1) is 0 Å². The zero-order chi connectivity index (χ0) is 25.8. The molecule has 5 rings (SSSR count). The van der Waals surface area contributed by atoms with Crippen LogP contribution >= 0.6 is 11.6 Å². The predicted molar refractivity (Wildman–Crippen MR) is 125 cm³/mol. The second-order valence-electron chi connectivity index (χ2n) is 9.53. The third kappa shape index (κ3) is 4.51. The van der Waals surface area contributed by atoms with E-state index in [0.717, 1.165) is 10.7 Å².